The third-order valence-electron chi connectivity index (χ3n) is 2.61. The van der Waals surface area contributed by atoms with Crippen LogP contribution in [0.1, 0.15) is 20.8 Å². The molecule has 0 bridgehead atoms. The van der Waals surface area contributed by atoms with Crippen molar-refractivity contribution in [1.82, 2.24) is 10.6 Å². The average molecular weight is 481 g/mol. The smallest absolute Gasteiger partial charge is 0.408 e. The normalized spacial score (nSPS) is 11.0. The lowest BCUT2D eigenvalue weighted by Gasteiger charge is -2.19. The molecule has 2 N–H and O–H groups in total. The molecular weight excluding hydrogens is 465 g/mol. The summed E-state index contributed by atoms with van der Waals surface area (Å²) in [6.07, 6.45) is -0.774. The van der Waals surface area contributed by atoms with Gasteiger partial charge in [-0.25, -0.2) is 9.59 Å². The average Bonchev–Trinajstić information content (AvgIpc) is 2.57. The molecule has 1 aromatic rings. The van der Waals surface area contributed by atoms with Gasteiger partial charge in [-0.15, -0.1) is 0 Å². The first kappa shape index (κ1) is 23.9. The summed E-state index contributed by atoms with van der Waals surface area (Å²) in [5, 5.41) is 3.70. The van der Waals surface area contributed by atoms with Crippen LogP contribution < -0.4 is 15.4 Å². The molecular formula is C15H15Cl5N2O5. The number of halogens is 5. The van der Waals surface area contributed by atoms with E-state index in [1.165, 1.54) is 0 Å². The van der Waals surface area contributed by atoms with E-state index in [2.05, 4.69) is 10.6 Å². The van der Waals surface area contributed by atoms with E-state index < -0.39 is 36.7 Å². The van der Waals surface area contributed by atoms with E-state index in [-0.39, 0.29) is 30.9 Å². The summed E-state index contributed by atoms with van der Waals surface area (Å²) in [6, 6.07) is 0. The maximum absolute atomic E-state index is 11.9. The summed E-state index contributed by atoms with van der Waals surface area (Å²) in [6.45, 7) is 4.10. The summed E-state index contributed by atoms with van der Waals surface area (Å²) >= 11 is 29.4. The quantitative estimate of drug-likeness (QED) is 0.280. The fourth-order valence-electron chi connectivity index (χ4n) is 1.52. The van der Waals surface area contributed by atoms with Crippen LogP contribution in [0.3, 0.4) is 0 Å². The highest BCUT2D eigenvalue weighted by atomic mass is 35.5. The Morgan fingerprint density at radius 1 is 0.815 bits per heavy atom. The van der Waals surface area contributed by atoms with Crippen LogP contribution in [0, 0.1) is 0 Å². The van der Waals surface area contributed by atoms with Crippen molar-refractivity contribution in [3.8, 4) is 5.75 Å². The van der Waals surface area contributed by atoms with Gasteiger partial charge in [-0.2, -0.15) is 0 Å². The fourth-order valence-corrected chi connectivity index (χ4v) is 2.72. The number of hydrogen-bond acceptors (Lipinski definition) is 5. The maximum Gasteiger partial charge on any atom is 0.408 e. The number of ether oxygens (including phenoxy) is 2. The van der Waals surface area contributed by atoms with Crippen LogP contribution in [0.2, 0.25) is 25.1 Å². The van der Waals surface area contributed by atoms with Gasteiger partial charge in [0.25, 0.3) is 0 Å². The minimum Gasteiger partial charge on any atom is -0.444 e. The number of amides is 2. The number of alkyl carbamates (subject to hydrolysis) is 1. The largest absolute Gasteiger partial charge is 0.444 e. The molecule has 0 unspecified atom stereocenters. The van der Waals surface area contributed by atoms with Crippen molar-refractivity contribution in [1.29, 1.82) is 0 Å². The Morgan fingerprint density at radius 2 is 1.30 bits per heavy atom. The lowest BCUT2D eigenvalue weighted by atomic mass is 10.2. The van der Waals surface area contributed by atoms with E-state index in [0.29, 0.717) is 0 Å². The zero-order valence-corrected chi connectivity index (χ0v) is 18.1. The first-order valence-corrected chi connectivity index (χ1v) is 9.18. The molecule has 0 aliphatic heterocycles. The van der Waals surface area contributed by atoms with Crippen molar-refractivity contribution in [3.05, 3.63) is 25.1 Å². The van der Waals surface area contributed by atoms with Crippen molar-refractivity contribution < 1.29 is 23.9 Å². The van der Waals surface area contributed by atoms with Crippen LogP contribution in [0.25, 0.3) is 0 Å². The zero-order valence-electron chi connectivity index (χ0n) is 14.3. The molecule has 0 fully saturated rings. The molecule has 0 radical (unpaired) electrons. The van der Waals surface area contributed by atoms with E-state index in [0.717, 1.165) is 0 Å². The van der Waals surface area contributed by atoms with Crippen LogP contribution in [-0.4, -0.2) is 36.7 Å². The number of hydrogen-bond donors (Lipinski definition) is 2. The fraction of sp³-hybridized carbons (Fsp3) is 0.400. The summed E-state index contributed by atoms with van der Waals surface area (Å²) in [4.78, 5) is 35.0. The van der Waals surface area contributed by atoms with E-state index in [4.69, 9.17) is 67.5 Å². The standard InChI is InChI=1S/C15H15Cl5N2O5/c1-15(2,3)27-14(25)22-4-6(23)21-5-7(24)26-13-11(19)9(17)8(16)10(18)12(13)20/h4-5H2,1-3H3,(H,21,23)(H,22,25). The molecule has 0 saturated heterocycles. The van der Waals surface area contributed by atoms with Crippen LogP contribution in [0.5, 0.6) is 5.75 Å². The Kier molecular flexibility index (Phi) is 8.76. The number of carbonyl (C=O) groups excluding carboxylic acids is 3. The van der Waals surface area contributed by atoms with Gasteiger partial charge in [0.05, 0.1) is 15.1 Å². The maximum atomic E-state index is 11.9. The van der Waals surface area contributed by atoms with Gasteiger partial charge in [0, 0.05) is 0 Å². The minimum absolute atomic E-state index is 0.0883. The molecule has 0 aliphatic carbocycles. The summed E-state index contributed by atoms with van der Waals surface area (Å²) in [5.41, 5.74) is -0.704. The summed E-state index contributed by atoms with van der Waals surface area (Å²) < 4.78 is 9.94. The number of benzene rings is 1. The van der Waals surface area contributed by atoms with E-state index >= 15 is 0 Å². The highest BCUT2D eigenvalue weighted by molar-refractivity contribution is 6.55. The van der Waals surface area contributed by atoms with Crippen molar-refractivity contribution in [2.45, 2.75) is 26.4 Å². The Morgan fingerprint density at radius 3 is 1.78 bits per heavy atom. The van der Waals surface area contributed by atoms with Crippen LogP contribution in [0.15, 0.2) is 0 Å². The van der Waals surface area contributed by atoms with Crippen molar-refractivity contribution in [3.63, 3.8) is 0 Å². The van der Waals surface area contributed by atoms with Gasteiger partial charge in [-0.05, 0) is 20.8 Å². The molecule has 7 nitrogen and oxygen atoms in total. The first-order chi connectivity index (χ1) is 12.3. The summed E-state index contributed by atoms with van der Waals surface area (Å²) in [5.74, 6) is -1.84. The minimum atomic E-state index is -0.904. The molecule has 1 rings (SSSR count). The lowest BCUT2D eigenvalue weighted by molar-refractivity contribution is -0.135. The topological polar surface area (TPSA) is 93.7 Å². The number of rotatable bonds is 5. The van der Waals surface area contributed by atoms with Gasteiger partial charge < -0.3 is 20.1 Å². The Labute approximate surface area is 180 Å². The van der Waals surface area contributed by atoms with E-state index in [1.54, 1.807) is 20.8 Å². The molecule has 27 heavy (non-hydrogen) atoms. The van der Waals surface area contributed by atoms with E-state index in [9.17, 15) is 14.4 Å². The van der Waals surface area contributed by atoms with Crippen LogP contribution in [-0.2, 0) is 14.3 Å². The van der Waals surface area contributed by atoms with E-state index in [1.807, 2.05) is 0 Å². The van der Waals surface area contributed by atoms with Crippen LogP contribution >= 0.6 is 58.0 Å². The van der Waals surface area contributed by atoms with Crippen molar-refractivity contribution >= 4 is 76.0 Å². The predicted molar refractivity (Wildman–Crippen MR) is 104 cm³/mol. The highest BCUT2D eigenvalue weighted by Crippen LogP contribution is 2.48. The van der Waals surface area contributed by atoms with Gasteiger partial charge in [-0.1, -0.05) is 58.0 Å². The summed E-state index contributed by atoms with van der Waals surface area (Å²) in [7, 11) is 0. The van der Waals surface area contributed by atoms with Crippen molar-refractivity contribution in [2.24, 2.45) is 0 Å². The van der Waals surface area contributed by atoms with Gasteiger partial charge in [-0.3, -0.25) is 4.79 Å². The number of esters is 1. The molecule has 0 heterocycles. The third kappa shape index (κ3) is 7.43. The molecule has 150 valence electrons. The van der Waals surface area contributed by atoms with Gasteiger partial charge in [0.15, 0.2) is 5.75 Å². The third-order valence-corrected chi connectivity index (χ3v) is 4.85. The molecule has 0 saturated carbocycles. The Balaban J connectivity index is 2.57. The monoisotopic (exact) mass is 478 g/mol. The lowest BCUT2D eigenvalue weighted by Crippen LogP contribution is -2.41. The molecule has 12 heteroatoms. The SMILES string of the molecule is CC(C)(C)OC(=O)NCC(=O)NCC(=O)Oc1c(Cl)c(Cl)c(Cl)c(Cl)c1Cl. The van der Waals surface area contributed by atoms with Crippen molar-refractivity contribution in [2.75, 3.05) is 13.1 Å². The molecule has 0 aromatic heterocycles. The second-order valence-corrected chi connectivity index (χ2v) is 7.90. The van der Waals surface area contributed by atoms with Gasteiger partial charge in [0.2, 0.25) is 5.91 Å². The Bertz CT molecular complexity index is 735. The predicted octanol–water partition coefficient (Wildman–Crippen LogP) is 4.50. The zero-order chi connectivity index (χ0) is 20.9. The highest BCUT2D eigenvalue weighted by Gasteiger charge is 2.23. The molecule has 0 aliphatic rings. The molecule has 2 amide bonds. The number of nitrogens with one attached hydrogen (secondary N) is 2. The second kappa shape index (κ2) is 9.89. The van der Waals surface area contributed by atoms with Gasteiger partial charge >= 0.3 is 12.1 Å². The molecule has 0 spiro atoms. The van der Waals surface area contributed by atoms with Gasteiger partial charge in [0.1, 0.15) is 28.7 Å². The van der Waals surface area contributed by atoms with Crippen LogP contribution in [0.4, 0.5) is 4.79 Å². The molecule has 0 atom stereocenters. The number of carbonyl (C=O) groups is 3. The Hall–Kier alpha value is -1.12. The molecule has 1 aromatic carbocycles. The first-order valence-electron chi connectivity index (χ1n) is 7.29. The second-order valence-electron chi connectivity index (χ2n) is 6.01.